The molecular weight excluding hydrogens is 314 g/mol. The summed E-state index contributed by atoms with van der Waals surface area (Å²) in [6.07, 6.45) is 4.90. The number of hydrogen-bond donors (Lipinski definition) is 0. The van der Waals surface area contributed by atoms with Crippen molar-refractivity contribution in [3.8, 4) is 0 Å². The summed E-state index contributed by atoms with van der Waals surface area (Å²) < 4.78 is 5.23. The maximum atomic E-state index is 12.5. The highest BCUT2D eigenvalue weighted by atomic mass is 16.5. The van der Waals surface area contributed by atoms with Gasteiger partial charge in [-0.15, -0.1) is 0 Å². The number of aryl methyl sites for hydroxylation is 3. The Balaban J connectivity index is 1.45. The molecule has 5 heteroatoms. The molecule has 0 bridgehead atoms. The van der Waals surface area contributed by atoms with Crippen LogP contribution >= 0.6 is 0 Å². The molecule has 1 saturated heterocycles. The standard InChI is InChI=1S/C20H27N3O2/c1-3-7-18-21-19(25-22-18)10-6-11-20(24)23-13-12-16(14-23)17-9-5-4-8-15(17)2/h4-5,8-9,16H,3,6-7,10-14H2,1-2H3/t16-/m1/s1. The third kappa shape index (κ3) is 4.47. The van der Waals surface area contributed by atoms with Gasteiger partial charge >= 0.3 is 0 Å². The van der Waals surface area contributed by atoms with Gasteiger partial charge in [-0.25, -0.2) is 0 Å². The van der Waals surface area contributed by atoms with E-state index in [9.17, 15) is 4.79 Å². The number of benzene rings is 1. The maximum Gasteiger partial charge on any atom is 0.226 e. The number of carbonyl (C=O) groups excluding carboxylic acids is 1. The SMILES string of the molecule is CCCc1noc(CCCC(=O)N2CC[C@@H](c3ccccc3C)C2)n1. The predicted molar refractivity (Wildman–Crippen MR) is 96.3 cm³/mol. The van der Waals surface area contributed by atoms with E-state index in [4.69, 9.17) is 4.52 Å². The topological polar surface area (TPSA) is 59.2 Å². The first kappa shape index (κ1) is 17.6. The number of amides is 1. The van der Waals surface area contributed by atoms with E-state index in [1.807, 2.05) is 4.90 Å². The molecule has 1 fully saturated rings. The summed E-state index contributed by atoms with van der Waals surface area (Å²) in [6.45, 7) is 5.94. The molecule has 0 aliphatic carbocycles. The van der Waals surface area contributed by atoms with Gasteiger partial charge in [0, 0.05) is 38.3 Å². The minimum Gasteiger partial charge on any atom is -0.342 e. The minimum absolute atomic E-state index is 0.240. The van der Waals surface area contributed by atoms with Crippen molar-refractivity contribution in [2.75, 3.05) is 13.1 Å². The van der Waals surface area contributed by atoms with Gasteiger partial charge in [0.25, 0.3) is 0 Å². The molecule has 1 aromatic heterocycles. The molecule has 2 heterocycles. The Bertz CT molecular complexity index is 710. The van der Waals surface area contributed by atoms with Gasteiger partial charge < -0.3 is 9.42 Å². The van der Waals surface area contributed by atoms with Crippen LogP contribution in [0.4, 0.5) is 0 Å². The van der Waals surface area contributed by atoms with E-state index in [0.29, 0.717) is 24.7 Å². The second-order valence-electron chi connectivity index (χ2n) is 6.89. The molecule has 0 saturated carbocycles. The number of hydrogen-bond acceptors (Lipinski definition) is 4. The summed E-state index contributed by atoms with van der Waals surface area (Å²) in [5.74, 6) is 2.13. The molecule has 0 radical (unpaired) electrons. The number of likely N-dealkylation sites (tertiary alicyclic amines) is 1. The van der Waals surface area contributed by atoms with E-state index in [1.165, 1.54) is 11.1 Å². The highest BCUT2D eigenvalue weighted by molar-refractivity contribution is 5.76. The molecule has 0 unspecified atom stereocenters. The zero-order chi connectivity index (χ0) is 17.6. The summed E-state index contributed by atoms with van der Waals surface area (Å²) in [7, 11) is 0. The zero-order valence-electron chi connectivity index (χ0n) is 15.2. The number of rotatable bonds is 7. The predicted octanol–water partition coefficient (Wildman–Crippen LogP) is 3.67. The van der Waals surface area contributed by atoms with Crippen molar-refractivity contribution in [2.24, 2.45) is 0 Å². The molecule has 1 aromatic carbocycles. The third-order valence-electron chi connectivity index (χ3n) is 4.93. The summed E-state index contributed by atoms with van der Waals surface area (Å²) in [5.41, 5.74) is 2.70. The van der Waals surface area contributed by atoms with Crippen LogP contribution in [0.1, 0.15) is 61.4 Å². The molecule has 134 valence electrons. The van der Waals surface area contributed by atoms with Crippen molar-refractivity contribution in [2.45, 2.75) is 58.3 Å². The summed E-state index contributed by atoms with van der Waals surface area (Å²) in [5, 5.41) is 3.95. The molecular formula is C20H27N3O2. The molecule has 1 atom stereocenters. The van der Waals surface area contributed by atoms with Gasteiger partial charge in [0.05, 0.1) is 0 Å². The van der Waals surface area contributed by atoms with Gasteiger partial charge in [-0.05, 0) is 37.3 Å². The van der Waals surface area contributed by atoms with E-state index in [-0.39, 0.29) is 5.91 Å². The van der Waals surface area contributed by atoms with Crippen molar-refractivity contribution in [1.29, 1.82) is 0 Å². The highest BCUT2D eigenvalue weighted by Gasteiger charge is 2.27. The largest absolute Gasteiger partial charge is 0.342 e. The van der Waals surface area contributed by atoms with Gasteiger partial charge in [-0.2, -0.15) is 4.98 Å². The van der Waals surface area contributed by atoms with E-state index in [2.05, 4.69) is 48.3 Å². The first-order chi connectivity index (χ1) is 12.2. The van der Waals surface area contributed by atoms with Crippen LogP contribution in [0.25, 0.3) is 0 Å². The van der Waals surface area contributed by atoms with Crippen molar-refractivity contribution in [3.63, 3.8) is 0 Å². The van der Waals surface area contributed by atoms with Gasteiger partial charge in [-0.1, -0.05) is 36.3 Å². The Morgan fingerprint density at radius 3 is 2.96 bits per heavy atom. The summed E-state index contributed by atoms with van der Waals surface area (Å²) >= 11 is 0. The Morgan fingerprint density at radius 2 is 2.16 bits per heavy atom. The van der Waals surface area contributed by atoms with E-state index < -0.39 is 0 Å². The molecule has 1 aliphatic heterocycles. The maximum absolute atomic E-state index is 12.5. The second-order valence-corrected chi connectivity index (χ2v) is 6.89. The molecule has 0 N–H and O–H groups in total. The van der Waals surface area contributed by atoms with Crippen molar-refractivity contribution < 1.29 is 9.32 Å². The average molecular weight is 341 g/mol. The second kappa shape index (κ2) is 8.28. The first-order valence-corrected chi connectivity index (χ1v) is 9.32. The van der Waals surface area contributed by atoms with Gasteiger partial charge in [0.2, 0.25) is 11.8 Å². The quantitative estimate of drug-likeness (QED) is 0.771. The highest BCUT2D eigenvalue weighted by Crippen LogP contribution is 2.29. The minimum atomic E-state index is 0.240. The van der Waals surface area contributed by atoms with Crippen molar-refractivity contribution in [3.05, 3.63) is 47.1 Å². The van der Waals surface area contributed by atoms with Crippen LogP contribution in [0, 0.1) is 6.92 Å². The van der Waals surface area contributed by atoms with Crippen LogP contribution in [0.3, 0.4) is 0 Å². The lowest BCUT2D eigenvalue weighted by atomic mass is 9.94. The lowest BCUT2D eigenvalue weighted by molar-refractivity contribution is -0.130. The monoisotopic (exact) mass is 341 g/mol. The number of aromatic nitrogens is 2. The van der Waals surface area contributed by atoms with E-state index in [0.717, 1.165) is 44.6 Å². The molecule has 5 nitrogen and oxygen atoms in total. The Hall–Kier alpha value is -2.17. The third-order valence-corrected chi connectivity index (χ3v) is 4.93. The van der Waals surface area contributed by atoms with Crippen molar-refractivity contribution >= 4 is 5.91 Å². The van der Waals surface area contributed by atoms with Crippen LogP contribution in [-0.4, -0.2) is 34.0 Å². The first-order valence-electron chi connectivity index (χ1n) is 9.32. The molecule has 2 aromatic rings. The van der Waals surface area contributed by atoms with Gasteiger partial charge in [0.1, 0.15) is 0 Å². The Labute approximate surface area is 149 Å². The zero-order valence-corrected chi connectivity index (χ0v) is 15.2. The fourth-order valence-corrected chi connectivity index (χ4v) is 3.55. The Kier molecular flexibility index (Phi) is 5.84. The normalized spacial score (nSPS) is 17.2. The summed E-state index contributed by atoms with van der Waals surface area (Å²) in [6, 6.07) is 8.50. The van der Waals surface area contributed by atoms with Crippen LogP contribution in [0.5, 0.6) is 0 Å². The molecule has 25 heavy (non-hydrogen) atoms. The van der Waals surface area contributed by atoms with E-state index in [1.54, 1.807) is 0 Å². The van der Waals surface area contributed by atoms with Gasteiger partial charge in [0.15, 0.2) is 5.82 Å². The number of nitrogens with zero attached hydrogens (tertiary/aromatic N) is 3. The molecule has 3 rings (SSSR count). The lowest BCUT2D eigenvalue weighted by Crippen LogP contribution is -2.28. The Morgan fingerprint density at radius 1 is 1.32 bits per heavy atom. The van der Waals surface area contributed by atoms with E-state index >= 15 is 0 Å². The number of carbonyl (C=O) groups is 1. The van der Waals surface area contributed by atoms with Crippen LogP contribution in [0.15, 0.2) is 28.8 Å². The summed E-state index contributed by atoms with van der Waals surface area (Å²) in [4.78, 5) is 18.8. The smallest absolute Gasteiger partial charge is 0.226 e. The molecule has 1 amide bonds. The van der Waals surface area contributed by atoms with Crippen LogP contribution in [0.2, 0.25) is 0 Å². The fourth-order valence-electron chi connectivity index (χ4n) is 3.55. The van der Waals surface area contributed by atoms with Crippen LogP contribution < -0.4 is 0 Å². The van der Waals surface area contributed by atoms with Crippen molar-refractivity contribution in [1.82, 2.24) is 15.0 Å². The lowest BCUT2D eigenvalue weighted by Gasteiger charge is -2.17. The van der Waals surface area contributed by atoms with Crippen LogP contribution in [-0.2, 0) is 17.6 Å². The average Bonchev–Trinajstić information content (AvgIpc) is 3.25. The molecule has 0 spiro atoms. The molecule has 1 aliphatic rings. The van der Waals surface area contributed by atoms with Gasteiger partial charge in [-0.3, -0.25) is 4.79 Å². The fraction of sp³-hybridized carbons (Fsp3) is 0.550.